The van der Waals surface area contributed by atoms with Crippen molar-refractivity contribution in [1.29, 1.82) is 0 Å². The van der Waals surface area contributed by atoms with Gasteiger partial charge in [0.2, 0.25) is 0 Å². The molecule has 0 N–H and O–H groups in total. The summed E-state index contributed by atoms with van der Waals surface area (Å²) in [7, 11) is 3.44. The van der Waals surface area contributed by atoms with E-state index in [9.17, 15) is 4.79 Å². The molecule has 1 aromatic carbocycles. The highest BCUT2D eigenvalue weighted by atomic mass is 127. The number of nitrogens with zero attached hydrogens (tertiary/aromatic N) is 1. The van der Waals surface area contributed by atoms with E-state index in [0.717, 1.165) is 9.32 Å². The molecule has 1 amide bonds. The number of rotatable bonds is 3. The minimum atomic E-state index is -0.446. The van der Waals surface area contributed by atoms with Crippen LogP contribution in [-0.2, 0) is 4.79 Å². The number of ether oxygens (including phenoxy) is 1. The lowest BCUT2D eigenvalue weighted by atomic mass is 10.3. The van der Waals surface area contributed by atoms with Gasteiger partial charge in [0, 0.05) is 17.7 Å². The van der Waals surface area contributed by atoms with E-state index in [4.69, 9.17) is 4.74 Å². The smallest absolute Gasteiger partial charge is 0.262 e. The van der Waals surface area contributed by atoms with Crippen molar-refractivity contribution in [3.8, 4) is 5.75 Å². The van der Waals surface area contributed by atoms with E-state index < -0.39 is 6.10 Å². The molecule has 0 aliphatic heterocycles. The van der Waals surface area contributed by atoms with Gasteiger partial charge in [-0.25, -0.2) is 0 Å². The largest absolute Gasteiger partial charge is 0.481 e. The summed E-state index contributed by atoms with van der Waals surface area (Å²) in [4.78, 5) is 13.1. The quantitative estimate of drug-likeness (QED) is 0.799. The molecule has 0 aromatic heterocycles. The van der Waals surface area contributed by atoms with Gasteiger partial charge >= 0.3 is 0 Å². The van der Waals surface area contributed by atoms with Crippen LogP contribution in [0.2, 0.25) is 0 Å². The van der Waals surface area contributed by atoms with Crippen molar-refractivity contribution in [2.75, 3.05) is 14.1 Å². The third-order valence-corrected chi connectivity index (χ3v) is 2.57. The zero-order valence-corrected chi connectivity index (χ0v) is 11.2. The number of halogens is 1. The number of hydrogen-bond donors (Lipinski definition) is 0. The number of likely N-dealkylation sites (N-methyl/N-ethyl adjacent to an activating group) is 1. The predicted octanol–water partition coefficient (Wildman–Crippen LogP) is 2.15. The Labute approximate surface area is 104 Å². The van der Waals surface area contributed by atoms with Crippen molar-refractivity contribution in [2.24, 2.45) is 0 Å². The average Bonchev–Trinajstić information content (AvgIpc) is 2.16. The van der Waals surface area contributed by atoms with Gasteiger partial charge in [-0.05, 0) is 47.7 Å². The lowest BCUT2D eigenvalue weighted by Crippen LogP contribution is -2.35. The highest BCUT2D eigenvalue weighted by Crippen LogP contribution is 2.16. The Bertz CT molecular complexity index is 352. The number of carbonyl (C=O) groups excluding carboxylic acids is 1. The van der Waals surface area contributed by atoms with Gasteiger partial charge in [-0.3, -0.25) is 4.79 Å². The third kappa shape index (κ3) is 3.70. The van der Waals surface area contributed by atoms with Crippen LogP contribution in [0.15, 0.2) is 24.3 Å². The molecule has 0 radical (unpaired) electrons. The predicted molar refractivity (Wildman–Crippen MR) is 67.9 cm³/mol. The van der Waals surface area contributed by atoms with Crippen molar-refractivity contribution in [3.05, 3.63) is 27.8 Å². The first-order valence-corrected chi connectivity index (χ1v) is 5.72. The molecular weight excluding hydrogens is 305 g/mol. The molecule has 3 nitrogen and oxygen atoms in total. The van der Waals surface area contributed by atoms with E-state index in [1.165, 1.54) is 4.90 Å². The molecule has 0 bridgehead atoms. The van der Waals surface area contributed by atoms with E-state index in [2.05, 4.69) is 22.6 Å². The van der Waals surface area contributed by atoms with Crippen LogP contribution in [0.25, 0.3) is 0 Å². The fraction of sp³-hybridized carbons (Fsp3) is 0.364. The van der Waals surface area contributed by atoms with Crippen LogP contribution >= 0.6 is 22.6 Å². The zero-order chi connectivity index (χ0) is 11.4. The van der Waals surface area contributed by atoms with Gasteiger partial charge in [-0.15, -0.1) is 0 Å². The molecule has 0 heterocycles. The highest BCUT2D eigenvalue weighted by Gasteiger charge is 2.16. The molecule has 0 aliphatic carbocycles. The number of carbonyl (C=O) groups is 1. The van der Waals surface area contributed by atoms with Crippen LogP contribution in [0, 0.1) is 3.57 Å². The van der Waals surface area contributed by atoms with Gasteiger partial charge < -0.3 is 9.64 Å². The van der Waals surface area contributed by atoms with Crippen molar-refractivity contribution in [2.45, 2.75) is 13.0 Å². The maximum atomic E-state index is 11.5. The van der Waals surface area contributed by atoms with Crippen molar-refractivity contribution >= 4 is 28.5 Å². The lowest BCUT2D eigenvalue weighted by molar-refractivity contribution is -0.135. The number of benzene rings is 1. The van der Waals surface area contributed by atoms with E-state index in [1.54, 1.807) is 21.0 Å². The summed E-state index contributed by atoms with van der Waals surface area (Å²) in [5.74, 6) is 0.693. The second-order valence-electron chi connectivity index (χ2n) is 3.45. The summed E-state index contributed by atoms with van der Waals surface area (Å²) in [6.45, 7) is 1.75. The SMILES string of the molecule is CC(Oc1cccc(I)c1)C(=O)N(C)C. The van der Waals surface area contributed by atoms with Crippen LogP contribution in [-0.4, -0.2) is 31.0 Å². The molecule has 0 saturated carbocycles. The van der Waals surface area contributed by atoms with E-state index in [-0.39, 0.29) is 5.91 Å². The summed E-state index contributed by atoms with van der Waals surface area (Å²) >= 11 is 2.21. The fourth-order valence-corrected chi connectivity index (χ4v) is 1.67. The van der Waals surface area contributed by atoms with Crippen molar-refractivity contribution < 1.29 is 9.53 Å². The Morgan fingerprint density at radius 3 is 2.67 bits per heavy atom. The van der Waals surface area contributed by atoms with Gasteiger partial charge in [-0.1, -0.05) is 6.07 Å². The second-order valence-corrected chi connectivity index (χ2v) is 4.70. The minimum absolute atomic E-state index is 0.0335. The summed E-state index contributed by atoms with van der Waals surface area (Å²) in [6, 6.07) is 7.64. The van der Waals surface area contributed by atoms with Crippen LogP contribution in [0.4, 0.5) is 0 Å². The molecule has 0 fully saturated rings. The molecule has 1 unspecified atom stereocenters. The Morgan fingerprint density at radius 2 is 2.13 bits per heavy atom. The molecule has 82 valence electrons. The molecule has 4 heteroatoms. The standard InChI is InChI=1S/C11H14INO2/c1-8(11(14)13(2)3)15-10-6-4-5-9(12)7-10/h4-8H,1-3H3. The van der Waals surface area contributed by atoms with Crippen molar-refractivity contribution in [3.63, 3.8) is 0 Å². The van der Waals surface area contributed by atoms with E-state index in [0.29, 0.717) is 0 Å². The molecule has 1 rings (SSSR count). The molecule has 1 aromatic rings. The summed E-state index contributed by atoms with van der Waals surface area (Å²) in [5.41, 5.74) is 0. The Balaban J connectivity index is 2.66. The van der Waals surface area contributed by atoms with Gasteiger partial charge in [-0.2, -0.15) is 0 Å². The Kier molecular flexibility index (Phi) is 4.38. The summed E-state index contributed by atoms with van der Waals surface area (Å²) < 4.78 is 6.61. The van der Waals surface area contributed by atoms with Crippen LogP contribution in [0.3, 0.4) is 0 Å². The average molecular weight is 319 g/mol. The molecule has 15 heavy (non-hydrogen) atoms. The van der Waals surface area contributed by atoms with Crippen LogP contribution < -0.4 is 4.74 Å². The zero-order valence-electron chi connectivity index (χ0n) is 9.03. The molecular formula is C11H14INO2. The Morgan fingerprint density at radius 1 is 1.47 bits per heavy atom. The first kappa shape index (κ1) is 12.3. The topological polar surface area (TPSA) is 29.5 Å². The van der Waals surface area contributed by atoms with Gasteiger partial charge in [0.15, 0.2) is 6.10 Å². The monoisotopic (exact) mass is 319 g/mol. The second kappa shape index (κ2) is 5.34. The van der Waals surface area contributed by atoms with Gasteiger partial charge in [0.05, 0.1) is 0 Å². The maximum absolute atomic E-state index is 11.5. The summed E-state index contributed by atoms with van der Waals surface area (Å²) in [5, 5.41) is 0. The summed E-state index contributed by atoms with van der Waals surface area (Å²) in [6.07, 6.45) is -0.446. The number of amides is 1. The Hall–Kier alpha value is -0.780. The van der Waals surface area contributed by atoms with Crippen molar-refractivity contribution in [1.82, 2.24) is 4.90 Å². The van der Waals surface area contributed by atoms with Gasteiger partial charge in [0.1, 0.15) is 5.75 Å². The minimum Gasteiger partial charge on any atom is -0.481 e. The fourth-order valence-electron chi connectivity index (χ4n) is 1.16. The van der Waals surface area contributed by atoms with E-state index >= 15 is 0 Å². The van der Waals surface area contributed by atoms with Crippen LogP contribution in [0.5, 0.6) is 5.75 Å². The molecule has 1 atom stereocenters. The molecule has 0 saturated heterocycles. The maximum Gasteiger partial charge on any atom is 0.262 e. The molecule has 0 aliphatic rings. The third-order valence-electron chi connectivity index (χ3n) is 1.90. The molecule has 0 spiro atoms. The van der Waals surface area contributed by atoms with Gasteiger partial charge in [0.25, 0.3) is 5.91 Å². The highest BCUT2D eigenvalue weighted by molar-refractivity contribution is 14.1. The van der Waals surface area contributed by atoms with Crippen LogP contribution in [0.1, 0.15) is 6.92 Å². The van der Waals surface area contributed by atoms with E-state index in [1.807, 2.05) is 24.3 Å². The first-order chi connectivity index (χ1) is 7.00. The first-order valence-electron chi connectivity index (χ1n) is 4.64. The normalized spacial score (nSPS) is 12.0. The number of hydrogen-bond acceptors (Lipinski definition) is 2. The lowest BCUT2D eigenvalue weighted by Gasteiger charge is -2.18.